The molecule has 2 aliphatic rings. The molecule has 2 aromatic rings. The summed E-state index contributed by atoms with van der Waals surface area (Å²) in [6.07, 6.45) is 4.61. The van der Waals surface area contributed by atoms with Gasteiger partial charge in [-0.3, -0.25) is 14.7 Å². The number of carbonyl (C=O) groups is 1. The average molecular weight is 422 g/mol. The molecule has 1 amide bonds. The highest BCUT2D eigenvalue weighted by atomic mass is 16.5. The van der Waals surface area contributed by atoms with Gasteiger partial charge in [0.1, 0.15) is 0 Å². The first-order valence-electron chi connectivity index (χ1n) is 11.6. The number of carbonyl (C=O) groups excluding carboxylic acids is 1. The van der Waals surface area contributed by atoms with Crippen LogP contribution in [0.2, 0.25) is 0 Å². The lowest BCUT2D eigenvalue weighted by Gasteiger charge is -2.34. The van der Waals surface area contributed by atoms with Gasteiger partial charge in [0, 0.05) is 30.9 Å². The van der Waals surface area contributed by atoms with Crippen molar-refractivity contribution in [3.8, 4) is 0 Å². The minimum Gasteiger partial charge on any atom is -0.378 e. The monoisotopic (exact) mass is 421 g/mol. The number of aromatic nitrogens is 1. The number of pyridine rings is 1. The summed E-state index contributed by atoms with van der Waals surface area (Å²) in [5.41, 5.74) is 5.37. The van der Waals surface area contributed by atoms with E-state index in [0.717, 1.165) is 42.9 Å². The van der Waals surface area contributed by atoms with Crippen molar-refractivity contribution in [1.82, 2.24) is 15.2 Å². The van der Waals surface area contributed by atoms with E-state index >= 15 is 0 Å². The van der Waals surface area contributed by atoms with Crippen LogP contribution in [0.5, 0.6) is 0 Å². The molecule has 1 aromatic heterocycles. The lowest BCUT2D eigenvalue weighted by atomic mass is 9.93. The van der Waals surface area contributed by atoms with E-state index in [4.69, 9.17) is 4.74 Å². The number of nitrogens with one attached hydrogen (secondary N) is 1. The number of rotatable bonds is 6. The molecule has 2 unspecified atom stereocenters. The Morgan fingerprint density at radius 3 is 2.77 bits per heavy atom. The number of amides is 1. The van der Waals surface area contributed by atoms with E-state index in [-0.39, 0.29) is 5.91 Å². The standard InChI is InChI=1S/C26H35N3O2/c1-17(2)25-24-10-8-21(26(30)28-13-23-9-5-18(3)12-27-23)11-22(24)15-29(25)14-20-7-6-19(4)31-16-20/h5,8-12,17,19-20,25H,6-7,13-16H2,1-4H3,(H,28,30)/t19?,20?,25-/m0/s1. The van der Waals surface area contributed by atoms with Crippen LogP contribution >= 0.6 is 0 Å². The molecule has 31 heavy (non-hydrogen) atoms. The summed E-state index contributed by atoms with van der Waals surface area (Å²) in [6.45, 7) is 12.0. The predicted molar refractivity (Wildman–Crippen MR) is 123 cm³/mol. The van der Waals surface area contributed by atoms with Crippen molar-refractivity contribution in [3.05, 3.63) is 64.5 Å². The molecule has 5 nitrogen and oxygen atoms in total. The summed E-state index contributed by atoms with van der Waals surface area (Å²) >= 11 is 0. The fourth-order valence-corrected chi connectivity index (χ4v) is 4.93. The Hall–Kier alpha value is -2.24. The maximum atomic E-state index is 12.8. The lowest BCUT2D eigenvalue weighted by molar-refractivity contribution is -0.0201. The molecule has 3 atom stereocenters. The zero-order chi connectivity index (χ0) is 22.0. The fourth-order valence-electron chi connectivity index (χ4n) is 4.93. The number of hydrogen-bond acceptors (Lipinski definition) is 4. The van der Waals surface area contributed by atoms with Crippen LogP contribution in [0.3, 0.4) is 0 Å². The van der Waals surface area contributed by atoms with Crippen LogP contribution in [0, 0.1) is 18.8 Å². The van der Waals surface area contributed by atoms with Gasteiger partial charge in [0.05, 0.1) is 24.9 Å². The van der Waals surface area contributed by atoms with E-state index in [9.17, 15) is 4.79 Å². The van der Waals surface area contributed by atoms with Crippen molar-refractivity contribution < 1.29 is 9.53 Å². The van der Waals surface area contributed by atoms with Crippen LogP contribution < -0.4 is 5.32 Å². The van der Waals surface area contributed by atoms with Crippen molar-refractivity contribution in [2.45, 2.75) is 65.8 Å². The van der Waals surface area contributed by atoms with Crippen molar-refractivity contribution in [2.75, 3.05) is 13.2 Å². The molecule has 1 saturated heterocycles. The molecule has 1 fully saturated rings. The quantitative estimate of drug-likeness (QED) is 0.738. The second-order valence-electron chi connectivity index (χ2n) is 9.63. The molecule has 166 valence electrons. The lowest BCUT2D eigenvalue weighted by Crippen LogP contribution is -2.35. The third-order valence-corrected chi connectivity index (χ3v) is 6.62. The normalized spacial score (nSPS) is 23.7. The Labute approximate surface area is 186 Å². The number of hydrogen-bond donors (Lipinski definition) is 1. The summed E-state index contributed by atoms with van der Waals surface area (Å²) in [4.78, 5) is 19.7. The van der Waals surface area contributed by atoms with Crippen LogP contribution in [0.1, 0.15) is 72.4 Å². The first-order valence-corrected chi connectivity index (χ1v) is 11.6. The fraction of sp³-hybridized carbons (Fsp3) is 0.538. The van der Waals surface area contributed by atoms with Crippen LogP contribution in [0.25, 0.3) is 0 Å². The number of benzene rings is 1. The van der Waals surface area contributed by atoms with Crippen LogP contribution in [-0.2, 0) is 17.8 Å². The summed E-state index contributed by atoms with van der Waals surface area (Å²) < 4.78 is 5.91. The van der Waals surface area contributed by atoms with Gasteiger partial charge in [-0.15, -0.1) is 0 Å². The molecule has 4 rings (SSSR count). The van der Waals surface area contributed by atoms with Gasteiger partial charge in [-0.05, 0) is 73.4 Å². The molecule has 2 aliphatic heterocycles. The smallest absolute Gasteiger partial charge is 0.251 e. The van der Waals surface area contributed by atoms with Gasteiger partial charge in [0.2, 0.25) is 0 Å². The SMILES string of the molecule is Cc1ccc(CNC(=O)c2ccc3c(c2)CN(CC2CCC(C)OC2)[C@H]3C(C)C)nc1. The molecule has 0 bridgehead atoms. The Bertz CT molecular complexity index is 901. The van der Waals surface area contributed by atoms with Gasteiger partial charge in [-0.1, -0.05) is 26.0 Å². The topological polar surface area (TPSA) is 54.5 Å². The first-order chi connectivity index (χ1) is 14.9. The van der Waals surface area contributed by atoms with E-state index in [2.05, 4.69) is 48.1 Å². The Morgan fingerprint density at radius 2 is 2.10 bits per heavy atom. The Balaban J connectivity index is 1.43. The summed E-state index contributed by atoms with van der Waals surface area (Å²) in [5.74, 6) is 1.08. The summed E-state index contributed by atoms with van der Waals surface area (Å²) in [6, 6.07) is 10.6. The second-order valence-corrected chi connectivity index (χ2v) is 9.63. The molecule has 0 aliphatic carbocycles. The van der Waals surface area contributed by atoms with Gasteiger partial charge in [-0.2, -0.15) is 0 Å². The number of ether oxygens (including phenoxy) is 1. The van der Waals surface area contributed by atoms with E-state index < -0.39 is 0 Å². The summed E-state index contributed by atoms with van der Waals surface area (Å²) in [5, 5.41) is 3.01. The molecule has 0 radical (unpaired) electrons. The molecule has 0 saturated carbocycles. The first kappa shape index (κ1) is 22.0. The molecule has 3 heterocycles. The third-order valence-electron chi connectivity index (χ3n) is 6.62. The minimum absolute atomic E-state index is 0.0422. The summed E-state index contributed by atoms with van der Waals surface area (Å²) in [7, 11) is 0. The molecule has 1 N–H and O–H groups in total. The molecule has 5 heteroatoms. The maximum absolute atomic E-state index is 12.8. The third kappa shape index (κ3) is 5.16. The van der Waals surface area contributed by atoms with Gasteiger partial charge in [-0.25, -0.2) is 0 Å². The maximum Gasteiger partial charge on any atom is 0.251 e. The largest absolute Gasteiger partial charge is 0.378 e. The van der Waals surface area contributed by atoms with Crippen LogP contribution in [-0.4, -0.2) is 35.0 Å². The van der Waals surface area contributed by atoms with Gasteiger partial charge < -0.3 is 10.1 Å². The van der Waals surface area contributed by atoms with Gasteiger partial charge in [0.25, 0.3) is 5.91 Å². The zero-order valence-corrected chi connectivity index (χ0v) is 19.2. The number of fused-ring (bicyclic) bond motifs is 1. The second kappa shape index (κ2) is 9.49. The number of aryl methyl sites for hydroxylation is 1. The van der Waals surface area contributed by atoms with Gasteiger partial charge >= 0.3 is 0 Å². The average Bonchev–Trinajstić information content (AvgIpc) is 3.12. The number of nitrogens with zero attached hydrogens (tertiary/aromatic N) is 2. The van der Waals surface area contributed by atoms with Gasteiger partial charge in [0.15, 0.2) is 0 Å². The van der Waals surface area contributed by atoms with Crippen LogP contribution in [0.15, 0.2) is 36.5 Å². The molecule has 1 aromatic carbocycles. The van der Waals surface area contributed by atoms with Crippen molar-refractivity contribution in [2.24, 2.45) is 11.8 Å². The van der Waals surface area contributed by atoms with E-state index in [0.29, 0.717) is 30.5 Å². The zero-order valence-electron chi connectivity index (χ0n) is 19.2. The van der Waals surface area contributed by atoms with Crippen molar-refractivity contribution in [3.63, 3.8) is 0 Å². The van der Waals surface area contributed by atoms with E-state index in [1.807, 2.05) is 31.3 Å². The molecule has 0 spiro atoms. The Kier molecular flexibility index (Phi) is 6.73. The minimum atomic E-state index is -0.0422. The van der Waals surface area contributed by atoms with E-state index in [1.165, 1.54) is 17.5 Å². The highest BCUT2D eigenvalue weighted by molar-refractivity contribution is 5.94. The predicted octanol–water partition coefficient (Wildman–Crippen LogP) is 4.65. The van der Waals surface area contributed by atoms with E-state index in [1.54, 1.807) is 0 Å². The van der Waals surface area contributed by atoms with Crippen molar-refractivity contribution in [1.29, 1.82) is 0 Å². The van der Waals surface area contributed by atoms with Crippen LogP contribution in [0.4, 0.5) is 0 Å². The Morgan fingerprint density at radius 1 is 1.26 bits per heavy atom. The molecular formula is C26H35N3O2. The highest BCUT2D eigenvalue weighted by Gasteiger charge is 2.34. The molecular weight excluding hydrogens is 386 g/mol. The highest BCUT2D eigenvalue weighted by Crippen LogP contribution is 2.40. The van der Waals surface area contributed by atoms with Crippen molar-refractivity contribution >= 4 is 5.91 Å².